The van der Waals surface area contributed by atoms with E-state index in [1.54, 1.807) is 19.2 Å². The highest BCUT2D eigenvalue weighted by molar-refractivity contribution is 5.91. The van der Waals surface area contributed by atoms with Crippen LogP contribution in [0.3, 0.4) is 0 Å². The van der Waals surface area contributed by atoms with E-state index in [4.69, 9.17) is 9.15 Å². The maximum absolute atomic E-state index is 12.2. The molecular formula is C15H26N2O3. The highest BCUT2D eigenvalue weighted by Gasteiger charge is 2.18. The van der Waals surface area contributed by atoms with Crippen LogP contribution in [0.25, 0.3) is 0 Å². The lowest BCUT2D eigenvalue weighted by atomic mass is 10.0. The number of rotatable bonds is 8. The van der Waals surface area contributed by atoms with Crippen molar-refractivity contribution in [1.29, 1.82) is 0 Å². The molecule has 0 radical (unpaired) electrons. The average Bonchev–Trinajstić information content (AvgIpc) is 2.76. The van der Waals surface area contributed by atoms with E-state index < -0.39 is 0 Å². The van der Waals surface area contributed by atoms with Crippen LogP contribution in [0, 0.1) is 5.92 Å². The van der Waals surface area contributed by atoms with Crippen molar-refractivity contribution in [1.82, 2.24) is 10.2 Å². The molecule has 0 spiro atoms. The Hall–Kier alpha value is -1.33. The summed E-state index contributed by atoms with van der Waals surface area (Å²) >= 11 is 0. The first-order valence-corrected chi connectivity index (χ1v) is 6.95. The number of hydrogen-bond donors (Lipinski definition) is 1. The number of furan rings is 1. The van der Waals surface area contributed by atoms with E-state index in [1.807, 2.05) is 14.1 Å². The number of nitrogens with one attached hydrogen (secondary N) is 1. The highest BCUT2D eigenvalue weighted by atomic mass is 16.5. The quantitative estimate of drug-likeness (QED) is 0.793. The Morgan fingerprint density at radius 2 is 2.10 bits per heavy atom. The minimum atomic E-state index is -0.167. The molecule has 0 aliphatic heterocycles. The number of hydrogen-bond acceptors (Lipinski definition) is 4. The van der Waals surface area contributed by atoms with E-state index in [0.717, 1.165) is 13.0 Å². The average molecular weight is 282 g/mol. The van der Waals surface area contributed by atoms with Gasteiger partial charge in [0.1, 0.15) is 12.4 Å². The lowest BCUT2D eigenvalue weighted by molar-refractivity contribution is 0.0888. The van der Waals surface area contributed by atoms with Crippen LogP contribution in [0.15, 0.2) is 16.5 Å². The van der Waals surface area contributed by atoms with E-state index in [-0.39, 0.29) is 11.9 Å². The van der Waals surface area contributed by atoms with Gasteiger partial charge in [-0.25, -0.2) is 0 Å². The van der Waals surface area contributed by atoms with Gasteiger partial charge < -0.3 is 19.4 Å². The number of likely N-dealkylation sites (N-methyl/N-ethyl adjacent to an activating group) is 1. The third-order valence-electron chi connectivity index (χ3n) is 2.85. The molecule has 0 aliphatic carbocycles. The topological polar surface area (TPSA) is 54.7 Å². The van der Waals surface area contributed by atoms with Gasteiger partial charge in [-0.15, -0.1) is 0 Å². The zero-order chi connectivity index (χ0) is 15.1. The van der Waals surface area contributed by atoms with Gasteiger partial charge in [-0.2, -0.15) is 0 Å². The van der Waals surface area contributed by atoms with Crippen molar-refractivity contribution in [2.75, 3.05) is 27.7 Å². The smallest absolute Gasteiger partial charge is 0.287 e. The Kier molecular flexibility index (Phi) is 6.75. The van der Waals surface area contributed by atoms with Crippen molar-refractivity contribution < 1.29 is 13.9 Å². The summed E-state index contributed by atoms with van der Waals surface area (Å²) < 4.78 is 10.4. The van der Waals surface area contributed by atoms with Crippen molar-refractivity contribution in [2.45, 2.75) is 32.9 Å². The second kappa shape index (κ2) is 8.07. The maximum atomic E-state index is 12.2. The molecule has 1 rings (SSSR count). The van der Waals surface area contributed by atoms with Gasteiger partial charge in [0, 0.05) is 19.7 Å². The standard InChI is InChI=1S/C15H26N2O3/c1-11(2)8-12(9-17(3)4)16-15(18)14-7-6-13(20-14)10-19-5/h6-7,11-12H,8-10H2,1-5H3,(H,16,18). The van der Waals surface area contributed by atoms with Crippen molar-refractivity contribution in [2.24, 2.45) is 5.92 Å². The van der Waals surface area contributed by atoms with Gasteiger partial charge in [0.2, 0.25) is 0 Å². The molecule has 0 saturated carbocycles. The minimum absolute atomic E-state index is 0.119. The summed E-state index contributed by atoms with van der Waals surface area (Å²) in [4.78, 5) is 14.2. The number of nitrogens with zero attached hydrogens (tertiary/aromatic N) is 1. The predicted octanol–water partition coefficient (Wildman–Crippen LogP) is 2.13. The lowest BCUT2D eigenvalue weighted by Crippen LogP contribution is -2.42. The summed E-state index contributed by atoms with van der Waals surface area (Å²) in [6.45, 7) is 5.49. The van der Waals surface area contributed by atoms with Gasteiger partial charge >= 0.3 is 0 Å². The van der Waals surface area contributed by atoms with Gasteiger partial charge in [0.05, 0.1) is 0 Å². The molecule has 1 unspecified atom stereocenters. The molecule has 0 aliphatic rings. The fourth-order valence-corrected chi connectivity index (χ4v) is 2.17. The van der Waals surface area contributed by atoms with E-state index >= 15 is 0 Å². The number of carbonyl (C=O) groups excluding carboxylic acids is 1. The Bertz CT molecular complexity index is 403. The lowest BCUT2D eigenvalue weighted by Gasteiger charge is -2.23. The summed E-state index contributed by atoms with van der Waals surface area (Å²) in [5, 5.41) is 3.04. The Morgan fingerprint density at radius 1 is 1.40 bits per heavy atom. The Morgan fingerprint density at radius 3 is 2.65 bits per heavy atom. The molecule has 1 atom stereocenters. The summed E-state index contributed by atoms with van der Waals surface area (Å²) in [6, 6.07) is 3.57. The molecule has 0 bridgehead atoms. The second-order valence-corrected chi connectivity index (χ2v) is 5.76. The van der Waals surface area contributed by atoms with Crippen LogP contribution in [0.5, 0.6) is 0 Å². The summed E-state index contributed by atoms with van der Waals surface area (Å²) in [7, 11) is 5.60. The second-order valence-electron chi connectivity index (χ2n) is 5.76. The summed E-state index contributed by atoms with van der Waals surface area (Å²) in [5.74, 6) is 1.36. The van der Waals surface area contributed by atoms with Crippen LogP contribution < -0.4 is 5.32 Å². The van der Waals surface area contributed by atoms with Crippen LogP contribution in [0.1, 0.15) is 36.6 Å². The molecule has 114 valence electrons. The normalized spacial score (nSPS) is 12.9. The van der Waals surface area contributed by atoms with Gasteiger partial charge in [-0.3, -0.25) is 4.79 Å². The van der Waals surface area contributed by atoms with Gasteiger partial charge in [0.15, 0.2) is 5.76 Å². The molecular weight excluding hydrogens is 256 g/mol. The first-order valence-electron chi connectivity index (χ1n) is 6.95. The van der Waals surface area contributed by atoms with Crippen LogP contribution in [0.4, 0.5) is 0 Å². The number of ether oxygens (including phenoxy) is 1. The molecule has 1 amide bonds. The monoisotopic (exact) mass is 282 g/mol. The van der Waals surface area contributed by atoms with Crippen LogP contribution in [0.2, 0.25) is 0 Å². The number of amides is 1. The van der Waals surface area contributed by atoms with Crippen LogP contribution in [-0.2, 0) is 11.3 Å². The molecule has 20 heavy (non-hydrogen) atoms. The number of methoxy groups -OCH3 is 1. The largest absolute Gasteiger partial charge is 0.453 e. The summed E-state index contributed by atoms with van der Waals surface area (Å²) in [6.07, 6.45) is 0.940. The Labute approximate surface area is 121 Å². The van der Waals surface area contributed by atoms with Crippen molar-refractivity contribution in [3.8, 4) is 0 Å². The molecule has 5 heteroatoms. The molecule has 1 aromatic heterocycles. The molecule has 1 heterocycles. The first kappa shape index (κ1) is 16.7. The van der Waals surface area contributed by atoms with Crippen molar-refractivity contribution in [3.63, 3.8) is 0 Å². The van der Waals surface area contributed by atoms with E-state index in [0.29, 0.717) is 24.0 Å². The van der Waals surface area contributed by atoms with Crippen molar-refractivity contribution >= 4 is 5.91 Å². The third-order valence-corrected chi connectivity index (χ3v) is 2.85. The Balaban J connectivity index is 2.63. The van der Waals surface area contributed by atoms with E-state index in [2.05, 4.69) is 24.1 Å². The summed E-state index contributed by atoms with van der Waals surface area (Å²) in [5.41, 5.74) is 0. The first-order chi connectivity index (χ1) is 9.42. The SMILES string of the molecule is COCc1ccc(C(=O)NC(CC(C)C)CN(C)C)o1. The third kappa shape index (κ3) is 5.75. The molecule has 5 nitrogen and oxygen atoms in total. The highest BCUT2D eigenvalue weighted by Crippen LogP contribution is 2.11. The zero-order valence-electron chi connectivity index (χ0n) is 13.1. The maximum Gasteiger partial charge on any atom is 0.287 e. The van der Waals surface area contributed by atoms with E-state index in [1.165, 1.54) is 0 Å². The van der Waals surface area contributed by atoms with Crippen molar-refractivity contribution in [3.05, 3.63) is 23.7 Å². The van der Waals surface area contributed by atoms with Gasteiger partial charge in [-0.05, 0) is 38.6 Å². The molecule has 0 saturated heterocycles. The van der Waals surface area contributed by atoms with Crippen LogP contribution in [-0.4, -0.2) is 44.6 Å². The van der Waals surface area contributed by atoms with Crippen LogP contribution >= 0.6 is 0 Å². The molecule has 0 aromatic carbocycles. The van der Waals surface area contributed by atoms with E-state index in [9.17, 15) is 4.79 Å². The zero-order valence-corrected chi connectivity index (χ0v) is 13.1. The van der Waals surface area contributed by atoms with Gasteiger partial charge in [-0.1, -0.05) is 13.8 Å². The molecule has 1 aromatic rings. The number of carbonyl (C=O) groups is 1. The minimum Gasteiger partial charge on any atom is -0.453 e. The van der Waals surface area contributed by atoms with Gasteiger partial charge in [0.25, 0.3) is 5.91 Å². The fraction of sp³-hybridized carbons (Fsp3) is 0.667. The molecule has 0 fully saturated rings. The molecule has 1 N–H and O–H groups in total. The predicted molar refractivity (Wildman–Crippen MR) is 78.7 cm³/mol. The fourth-order valence-electron chi connectivity index (χ4n) is 2.17.